The second kappa shape index (κ2) is 8.37. The molecule has 0 N–H and O–H groups in total. The van der Waals surface area contributed by atoms with Gasteiger partial charge in [-0.1, -0.05) is 31.5 Å². The van der Waals surface area contributed by atoms with Gasteiger partial charge in [-0.2, -0.15) is 0 Å². The maximum Gasteiger partial charge on any atom is 0.332 e. The maximum atomic E-state index is 13.1. The predicted octanol–water partition coefficient (Wildman–Crippen LogP) is 1.82. The molecule has 164 valence electrons. The van der Waals surface area contributed by atoms with Crippen molar-refractivity contribution in [2.45, 2.75) is 46.2 Å². The van der Waals surface area contributed by atoms with Gasteiger partial charge in [0.05, 0.1) is 11.5 Å². The van der Waals surface area contributed by atoms with E-state index in [1.165, 1.54) is 9.80 Å². The number of nitrogens with zero attached hydrogens (tertiary/aromatic N) is 3. The number of aryl methyl sites for hydroxylation is 1. The van der Waals surface area contributed by atoms with Crippen LogP contribution in [0.3, 0.4) is 0 Å². The van der Waals surface area contributed by atoms with E-state index in [2.05, 4.69) is 0 Å². The molecule has 2 unspecified atom stereocenters. The number of sulfone groups is 1. The summed E-state index contributed by atoms with van der Waals surface area (Å²) in [4.78, 5) is 42.7. The van der Waals surface area contributed by atoms with E-state index in [9.17, 15) is 22.8 Å². The van der Waals surface area contributed by atoms with E-state index in [-0.39, 0.29) is 24.0 Å². The van der Waals surface area contributed by atoms with Crippen LogP contribution in [0.2, 0.25) is 0 Å². The molecule has 2 aliphatic rings. The van der Waals surface area contributed by atoms with Gasteiger partial charge in [-0.05, 0) is 38.3 Å². The van der Waals surface area contributed by atoms with Crippen LogP contribution in [0, 0.1) is 12.8 Å². The minimum atomic E-state index is -3.17. The van der Waals surface area contributed by atoms with Gasteiger partial charge in [0.1, 0.15) is 12.6 Å². The third-order valence-corrected chi connectivity index (χ3v) is 7.33. The van der Waals surface area contributed by atoms with Crippen molar-refractivity contribution in [3.8, 4) is 0 Å². The molecule has 8 nitrogen and oxygen atoms in total. The molecule has 2 atom stereocenters. The van der Waals surface area contributed by atoms with Gasteiger partial charge in [0, 0.05) is 18.3 Å². The molecule has 0 radical (unpaired) electrons. The van der Waals surface area contributed by atoms with Crippen molar-refractivity contribution in [2.75, 3.05) is 29.5 Å². The van der Waals surface area contributed by atoms with Crippen LogP contribution in [0.4, 0.5) is 10.5 Å². The fourth-order valence-corrected chi connectivity index (χ4v) is 5.74. The molecule has 2 fully saturated rings. The van der Waals surface area contributed by atoms with Gasteiger partial charge < -0.3 is 4.90 Å². The zero-order chi connectivity index (χ0) is 22.2. The van der Waals surface area contributed by atoms with Crippen molar-refractivity contribution in [1.82, 2.24) is 9.80 Å². The highest BCUT2D eigenvalue weighted by atomic mass is 32.2. The summed E-state index contributed by atoms with van der Waals surface area (Å²) in [6.07, 6.45) is 0.384. The molecule has 0 aliphatic carbocycles. The summed E-state index contributed by atoms with van der Waals surface area (Å²) in [5, 5.41) is 0. The number of anilines is 1. The smallest absolute Gasteiger partial charge is 0.332 e. The first-order chi connectivity index (χ1) is 14.0. The van der Waals surface area contributed by atoms with Crippen LogP contribution in [0.5, 0.6) is 0 Å². The molecule has 0 bridgehead atoms. The Kier molecular flexibility index (Phi) is 6.21. The van der Waals surface area contributed by atoms with Crippen LogP contribution in [-0.4, -0.2) is 72.7 Å². The van der Waals surface area contributed by atoms with Gasteiger partial charge in [-0.15, -0.1) is 0 Å². The molecule has 30 heavy (non-hydrogen) atoms. The molecule has 2 aliphatic heterocycles. The molecule has 4 amide bonds. The first-order valence-electron chi connectivity index (χ1n) is 10.2. The third-order valence-electron chi connectivity index (χ3n) is 5.58. The second-order valence-corrected chi connectivity index (χ2v) is 10.8. The highest BCUT2D eigenvalue weighted by molar-refractivity contribution is 7.91. The van der Waals surface area contributed by atoms with E-state index in [4.69, 9.17) is 0 Å². The first kappa shape index (κ1) is 22.3. The van der Waals surface area contributed by atoms with Crippen molar-refractivity contribution in [3.05, 3.63) is 29.8 Å². The van der Waals surface area contributed by atoms with Crippen LogP contribution in [0.15, 0.2) is 24.3 Å². The number of rotatable bonds is 6. The van der Waals surface area contributed by atoms with Crippen molar-refractivity contribution in [1.29, 1.82) is 0 Å². The number of urea groups is 1. The Morgan fingerprint density at radius 3 is 2.37 bits per heavy atom. The van der Waals surface area contributed by atoms with E-state index in [1.54, 1.807) is 19.1 Å². The number of benzene rings is 1. The van der Waals surface area contributed by atoms with Crippen molar-refractivity contribution in [2.24, 2.45) is 5.92 Å². The van der Waals surface area contributed by atoms with Gasteiger partial charge in [-0.25, -0.2) is 13.2 Å². The van der Waals surface area contributed by atoms with Crippen molar-refractivity contribution in [3.63, 3.8) is 0 Å². The van der Waals surface area contributed by atoms with Gasteiger partial charge in [0.25, 0.3) is 5.91 Å². The molecule has 9 heteroatoms. The summed E-state index contributed by atoms with van der Waals surface area (Å²) in [7, 11) is -3.17. The minimum Gasteiger partial charge on any atom is -0.337 e. The fourth-order valence-electron chi connectivity index (χ4n) is 4.01. The summed E-state index contributed by atoms with van der Waals surface area (Å²) in [6, 6.07) is 5.61. The van der Waals surface area contributed by atoms with Crippen molar-refractivity contribution < 1.29 is 22.8 Å². The summed E-state index contributed by atoms with van der Waals surface area (Å²) < 4.78 is 23.8. The SMILES string of the molecule is Cc1ccc(N2C(=O)N(CC(=O)N(CC(C)C)C3CCS(=O)(=O)C3)C(=O)C2C)cc1. The van der Waals surface area contributed by atoms with Gasteiger partial charge >= 0.3 is 6.03 Å². The summed E-state index contributed by atoms with van der Waals surface area (Å²) >= 11 is 0. The Morgan fingerprint density at radius 1 is 1.20 bits per heavy atom. The molecule has 3 rings (SSSR count). The number of amides is 4. The lowest BCUT2D eigenvalue weighted by molar-refractivity contribution is -0.138. The molecule has 2 saturated heterocycles. The molecule has 1 aromatic carbocycles. The first-order valence-corrected chi connectivity index (χ1v) is 12.0. The zero-order valence-corrected chi connectivity index (χ0v) is 18.7. The zero-order valence-electron chi connectivity index (χ0n) is 17.9. The van der Waals surface area contributed by atoms with Gasteiger partial charge in [0.2, 0.25) is 5.91 Å². The van der Waals surface area contributed by atoms with Gasteiger partial charge in [-0.3, -0.25) is 19.4 Å². The van der Waals surface area contributed by atoms with E-state index >= 15 is 0 Å². The number of imide groups is 1. The number of hydrogen-bond acceptors (Lipinski definition) is 5. The van der Waals surface area contributed by atoms with Crippen LogP contribution in [-0.2, 0) is 19.4 Å². The molecular weight excluding hydrogens is 406 g/mol. The maximum absolute atomic E-state index is 13.1. The Balaban J connectivity index is 1.79. The number of carbonyl (C=O) groups excluding carboxylic acids is 3. The topological polar surface area (TPSA) is 95.1 Å². The quantitative estimate of drug-likeness (QED) is 0.635. The Bertz CT molecular complexity index is 942. The largest absolute Gasteiger partial charge is 0.337 e. The molecule has 0 spiro atoms. The normalized spacial score (nSPS) is 23.5. The summed E-state index contributed by atoms with van der Waals surface area (Å²) in [5.41, 5.74) is 1.63. The van der Waals surface area contributed by atoms with E-state index in [0.717, 1.165) is 10.5 Å². The lowest BCUT2D eigenvalue weighted by Gasteiger charge is -2.31. The molecule has 0 aromatic heterocycles. The molecule has 0 saturated carbocycles. The van der Waals surface area contributed by atoms with Crippen LogP contribution in [0.25, 0.3) is 0 Å². The Morgan fingerprint density at radius 2 is 1.83 bits per heavy atom. The summed E-state index contributed by atoms with van der Waals surface area (Å²) in [5.74, 6) is -0.716. The second-order valence-electron chi connectivity index (χ2n) is 8.59. The van der Waals surface area contributed by atoms with E-state index in [1.807, 2.05) is 32.9 Å². The fraction of sp³-hybridized carbons (Fsp3) is 0.571. The predicted molar refractivity (Wildman–Crippen MR) is 114 cm³/mol. The van der Waals surface area contributed by atoms with Crippen LogP contribution in [0.1, 0.15) is 32.8 Å². The number of hydrogen-bond donors (Lipinski definition) is 0. The lowest BCUT2D eigenvalue weighted by Crippen LogP contribution is -2.49. The Hall–Kier alpha value is -2.42. The van der Waals surface area contributed by atoms with Crippen molar-refractivity contribution >= 4 is 33.4 Å². The van der Waals surface area contributed by atoms with E-state index in [0.29, 0.717) is 18.7 Å². The average Bonchev–Trinajstić information content (AvgIpc) is 3.12. The molecule has 1 aromatic rings. The molecule has 2 heterocycles. The highest BCUT2D eigenvalue weighted by Crippen LogP contribution is 2.27. The van der Waals surface area contributed by atoms with E-state index < -0.39 is 39.8 Å². The average molecular weight is 436 g/mol. The van der Waals surface area contributed by atoms with Gasteiger partial charge in [0.15, 0.2) is 9.84 Å². The minimum absolute atomic E-state index is 0.0549. The monoisotopic (exact) mass is 435 g/mol. The highest BCUT2D eigenvalue weighted by Gasteiger charge is 2.45. The number of carbonyl (C=O) groups is 3. The van der Waals surface area contributed by atoms with Crippen LogP contribution >= 0.6 is 0 Å². The lowest BCUT2D eigenvalue weighted by atomic mass is 10.1. The third kappa shape index (κ3) is 4.50. The summed E-state index contributed by atoms with van der Waals surface area (Å²) in [6.45, 7) is 7.45. The molecular formula is C21H29N3O5S. The van der Waals surface area contributed by atoms with Crippen LogP contribution < -0.4 is 4.90 Å². The standard InChI is InChI=1S/C21H29N3O5S/c1-14(2)11-22(18-9-10-30(28,29)13-18)19(25)12-23-20(26)16(4)24(21(23)27)17-7-5-15(3)6-8-17/h5-8,14,16,18H,9-13H2,1-4H3. The Labute approximate surface area is 177 Å².